The molecule has 2 aromatic rings. The monoisotopic (exact) mass is 401 g/mol. The standard InChI is InChI=1S/C19H6F3NO6/c20-19(21,22)18(6-23)11-1-7-5-27-15(24)8(7)3-13(11)28-14-4-10-9(2-12(14)18)16(25)29-17(10)26/h1-4H,5H2. The number of fused-ring (bicyclic) bond motifs is 4. The Kier molecular flexibility index (Phi) is 3.05. The van der Waals surface area contributed by atoms with Crippen molar-refractivity contribution in [3.8, 4) is 17.6 Å². The quantitative estimate of drug-likeness (QED) is 0.494. The van der Waals surface area contributed by atoms with Gasteiger partial charge in [0.25, 0.3) is 0 Å². The van der Waals surface area contributed by atoms with Crippen molar-refractivity contribution in [2.75, 3.05) is 0 Å². The lowest BCUT2D eigenvalue weighted by Gasteiger charge is -2.36. The molecule has 0 bridgehead atoms. The van der Waals surface area contributed by atoms with E-state index < -0.39 is 46.4 Å². The average Bonchev–Trinajstić information content (AvgIpc) is 3.15. The van der Waals surface area contributed by atoms with Crippen LogP contribution in [0.25, 0.3) is 0 Å². The highest BCUT2D eigenvalue weighted by molar-refractivity contribution is 6.15. The molecule has 10 heteroatoms. The molecule has 0 saturated heterocycles. The Labute approximate surface area is 159 Å². The molecule has 3 aliphatic rings. The fourth-order valence-corrected chi connectivity index (χ4v) is 3.77. The number of esters is 3. The van der Waals surface area contributed by atoms with Gasteiger partial charge in [-0.25, -0.2) is 14.4 Å². The first-order valence-corrected chi connectivity index (χ1v) is 8.13. The number of cyclic esters (lactones) is 3. The molecule has 0 amide bonds. The molecular weight excluding hydrogens is 395 g/mol. The number of carbonyl (C=O) groups excluding carboxylic acids is 3. The van der Waals surface area contributed by atoms with Crippen molar-refractivity contribution in [2.24, 2.45) is 0 Å². The van der Waals surface area contributed by atoms with Gasteiger partial charge in [-0.1, -0.05) is 0 Å². The van der Waals surface area contributed by atoms with E-state index in [1.165, 1.54) is 6.07 Å². The molecule has 7 nitrogen and oxygen atoms in total. The first-order valence-electron chi connectivity index (χ1n) is 8.13. The van der Waals surface area contributed by atoms with Crippen LogP contribution in [0.3, 0.4) is 0 Å². The molecule has 3 heterocycles. The van der Waals surface area contributed by atoms with Gasteiger partial charge in [-0.15, -0.1) is 0 Å². The third-order valence-electron chi connectivity index (χ3n) is 5.15. The van der Waals surface area contributed by atoms with Gasteiger partial charge in [-0.2, -0.15) is 18.4 Å². The van der Waals surface area contributed by atoms with Crippen LogP contribution in [0.15, 0.2) is 24.3 Å². The molecule has 0 aliphatic carbocycles. The molecule has 0 saturated carbocycles. The van der Waals surface area contributed by atoms with Crippen molar-refractivity contribution in [2.45, 2.75) is 18.2 Å². The van der Waals surface area contributed by atoms with Crippen molar-refractivity contribution in [3.05, 3.63) is 57.6 Å². The first kappa shape index (κ1) is 17.2. The van der Waals surface area contributed by atoms with E-state index >= 15 is 0 Å². The van der Waals surface area contributed by atoms with Crippen LogP contribution in [0.4, 0.5) is 13.2 Å². The van der Waals surface area contributed by atoms with Gasteiger partial charge < -0.3 is 14.2 Å². The van der Waals surface area contributed by atoms with E-state index in [0.29, 0.717) is 0 Å². The maximum atomic E-state index is 14.3. The number of halogens is 3. The molecule has 1 atom stereocenters. The second kappa shape index (κ2) is 5.14. The second-order valence-electron chi connectivity index (χ2n) is 6.61. The van der Waals surface area contributed by atoms with Crippen molar-refractivity contribution in [1.29, 1.82) is 5.26 Å². The number of alkyl halides is 3. The highest BCUT2D eigenvalue weighted by Crippen LogP contribution is 2.57. The van der Waals surface area contributed by atoms with E-state index in [4.69, 9.17) is 9.47 Å². The fraction of sp³-hybridized carbons (Fsp3) is 0.158. The molecule has 1 unspecified atom stereocenters. The van der Waals surface area contributed by atoms with Crippen LogP contribution in [0.1, 0.15) is 47.8 Å². The first-order chi connectivity index (χ1) is 13.7. The Balaban J connectivity index is 1.87. The van der Waals surface area contributed by atoms with Gasteiger partial charge in [0.05, 0.1) is 22.8 Å². The molecule has 0 fully saturated rings. The maximum Gasteiger partial charge on any atom is 0.415 e. The van der Waals surface area contributed by atoms with E-state index in [9.17, 15) is 32.8 Å². The van der Waals surface area contributed by atoms with Crippen molar-refractivity contribution >= 4 is 17.9 Å². The molecule has 0 aromatic heterocycles. The SMILES string of the molecule is N#CC1(C(F)(F)F)c2cc3c(cc2Oc2cc4c(cc21)C(=O)OC4=O)C(=O)OC3. The van der Waals surface area contributed by atoms with Gasteiger partial charge in [0.2, 0.25) is 5.41 Å². The van der Waals surface area contributed by atoms with Crippen molar-refractivity contribution in [3.63, 3.8) is 0 Å². The van der Waals surface area contributed by atoms with Gasteiger partial charge >= 0.3 is 24.1 Å². The molecule has 0 radical (unpaired) electrons. The summed E-state index contributed by atoms with van der Waals surface area (Å²) in [5, 5.41) is 9.73. The summed E-state index contributed by atoms with van der Waals surface area (Å²) >= 11 is 0. The summed E-state index contributed by atoms with van der Waals surface area (Å²) in [6.45, 7) is -0.237. The van der Waals surface area contributed by atoms with E-state index in [1.807, 2.05) is 0 Å². The summed E-state index contributed by atoms with van der Waals surface area (Å²) in [6, 6.07) is 5.18. The Bertz CT molecular complexity index is 1230. The number of hydrogen-bond acceptors (Lipinski definition) is 7. The van der Waals surface area contributed by atoms with E-state index in [-0.39, 0.29) is 34.6 Å². The Hall–Kier alpha value is -3.87. The van der Waals surface area contributed by atoms with E-state index in [0.717, 1.165) is 24.3 Å². The molecule has 3 aliphatic heterocycles. The third-order valence-corrected chi connectivity index (χ3v) is 5.15. The van der Waals surface area contributed by atoms with Gasteiger partial charge in [0, 0.05) is 16.7 Å². The number of nitrogens with zero attached hydrogens (tertiary/aromatic N) is 1. The van der Waals surface area contributed by atoms with Crippen LogP contribution in [-0.4, -0.2) is 24.1 Å². The van der Waals surface area contributed by atoms with Crippen molar-refractivity contribution < 1.29 is 41.8 Å². The molecule has 144 valence electrons. The largest absolute Gasteiger partial charge is 0.457 e. The zero-order chi connectivity index (χ0) is 20.7. The predicted octanol–water partition coefficient (Wildman–Crippen LogP) is 3.15. The number of carbonyl (C=O) groups is 3. The maximum absolute atomic E-state index is 14.3. The lowest BCUT2D eigenvalue weighted by atomic mass is 9.71. The highest BCUT2D eigenvalue weighted by Gasteiger charge is 2.63. The van der Waals surface area contributed by atoms with Gasteiger partial charge in [-0.3, -0.25) is 0 Å². The molecule has 5 rings (SSSR count). The molecule has 0 spiro atoms. The average molecular weight is 401 g/mol. The van der Waals surface area contributed by atoms with Crippen LogP contribution >= 0.6 is 0 Å². The van der Waals surface area contributed by atoms with Crippen molar-refractivity contribution in [1.82, 2.24) is 0 Å². The van der Waals surface area contributed by atoms with E-state index in [1.54, 1.807) is 0 Å². The molecule has 2 aromatic carbocycles. The number of rotatable bonds is 0. The Morgan fingerprint density at radius 3 is 2.07 bits per heavy atom. The molecule has 0 N–H and O–H groups in total. The van der Waals surface area contributed by atoms with Gasteiger partial charge in [0.1, 0.15) is 18.1 Å². The zero-order valence-corrected chi connectivity index (χ0v) is 14.0. The lowest BCUT2D eigenvalue weighted by molar-refractivity contribution is -0.163. The minimum Gasteiger partial charge on any atom is -0.457 e. The molecular formula is C19H6F3NO6. The Morgan fingerprint density at radius 1 is 0.862 bits per heavy atom. The van der Waals surface area contributed by atoms with E-state index in [2.05, 4.69) is 4.74 Å². The number of nitriles is 1. The number of hydrogen-bond donors (Lipinski definition) is 0. The van der Waals surface area contributed by atoms with Gasteiger partial charge in [-0.05, 0) is 24.3 Å². The van der Waals surface area contributed by atoms with Crippen LogP contribution in [0.5, 0.6) is 11.5 Å². The summed E-state index contributed by atoms with van der Waals surface area (Å²) < 4.78 is 57.9. The summed E-state index contributed by atoms with van der Waals surface area (Å²) in [7, 11) is 0. The minimum absolute atomic E-state index is 0.0250. The predicted molar refractivity (Wildman–Crippen MR) is 84.3 cm³/mol. The fourth-order valence-electron chi connectivity index (χ4n) is 3.77. The normalized spacial score (nSPS) is 21.2. The summed E-state index contributed by atoms with van der Waals surface area (Å²) in [6.07, 6.45) is -5.12. The Morgan fingerprint density at radius 2 is 1.45 bits per heavy atom. The zero-order valence-electron chi connectivity index (χ0n) is 14.0. The summed E-state index contributed by atoms with van der Waals surface area (Å²) in [5.41, 5.74) is -4.82. The van der Waals surface area contributed by atoms with Crippen LogP contribution in [0.2, 0.25) is 0 Å². The second-order valence-corrected chi connectivity index (χ2v) is 6.61. The van der Waals surface area contributed by atoms with Crippen LogP contribution < -0.4 is 4.74 Å². The minimum atomic E-state index is -5.12. The number of ether oxygens (including phenoxy) is 3. The summed E-state index contributed by atoms with van der Waals surface area (Å²) in [4.78, 5) is 35.4. The van der Waals surface area contributed by atoms with Gasteiger partial charge in [0.15, 0.2) is 0 Å². The highest BCUT2D eigenvalue weighted by atomic mass is 19.4. The third kappa shape index (κ3) is 1.99. The lowest BCUT2D eigenvalue weighted by Crippen LogP contribution is -2.44. The summed E-state index contributed by atoms with van der Waals surface area (Å²) in [5.74, 6) is -3.68. The molecule has 29 heavy (non-hydrogen) atoms. The number of benzene rings is 2. The topological polar surface area (TPSA) is 103 Å². The smallest absolute Gasteiger partial charge is 0.415 e. The van der Waals surface area contributed by atoms with Crippen LogP contribution in [-0.2, 0) is 21.5 Å². The van der Waals surface area contributed by atoms with Crippen LogP contribution in [0, 0.1) is 11.3 Å².